The Morgan fingerprint density at radius 1 is 1.17 bits per heavy atom. The van der Waals surface area contributed by atoms with Gasteiger partial charge in [0.2, 0.25) is 5.91 Å². The first-order valence-electron chi connectivity index (χ1n) is 10.3. The Balaban J connectivity index is 2.13. The number of carbonyl (C=O) groups excluding carboxylic acids is 2. The van der Waals surface area contributed by atoms with Crippen LogP contribution in [0, 0.1) is 12.8 Å². The number of urea groups is 1. The maximum absolute atomic E-state index is 13.2. The summed E-state index contributed by atoms with van der Waals surface area (Å²) in [6.45, 7) is 11.0. The predicted molar refractivity (Wildman–Crippen MR) is 123 cm³/mol. The van der Waals surface area contributed by atoms with Crippen molar-refractivity contribution in [1.29, 1.82) is 0 Å². The summed E-state index contributed by atoms with van der Waals surface area (Å²) in [7, 11) is 1.97. The first kappa shape index (κ1) is 23.8. The van der Waals surface area contributed by atoms with Crippen molar-refractivity contribution < 1.29 is 9.59 Å². The van der Waals surface area contributed by atoms with Crippen molar-refractivity contribution in [3.8, 4) is 0 Å². The van der Waals surface area contributed by atoms with Crippen LogP contribution >= 0.6 is 11.6 Å². The minimum absolute atomic E-state index is 0.0141. The Bertz CT molecular complexity index is 876. The third kappa shape index (κ3) is 6.52. The zero-order valence-corrected chi connectivity index (χ0v) is 19.5. The van der Waals surface area contributed by atoms with Gasteiger partial charge in [-0.05, 0) is 56.5 Å². The third-order valence-corrected chi connectivity index (χ3v) is 5.36. The quantitative estimate of drug-likeness (QED) is 0.644. The van der Waals surface area contributed by atoms with E-state index >= 15 is 0 Å². The minimum Gasteiger partial charge on any atom is -0.353 e. The van der Waals surface area contributed by atoms with Gasteiger partial charge >= 0.3 is 6.03 Å². The van der Waals surface area contributed by atoms with Gasteiger partial charge in [0.25, 0.3) is 0 Å². The second-order valence-electron chi connectivity index (χ2n) is 8.39. The molecule has 0 unspecified atom stereocenters. The summed E-state index contributed by atoms with van der Waals surface area (Å²) in [5.74, 6) is 0.251. The summed E-state index contributed by atoms with van der Waals surface area (Å²) in [6, 6.07) is 8.90. The van der Waals surface area contributed by atoms with Gasteiger partial charge in [0.05, 0.1) is 6.54 Å². The number of anilines is 1. The average Bonchev–Trinajstić information content (AvgIpc) is 3.06. The summed E-state index contributed by atoms with van der Waals surface area (Å²) in [5, 5.41) is 3.45. The first-order valence-corrected chi connectivity index (χ1v) is 10.7. The van der Waals surface area contributed by atoms with E-state index in [4.69, 9.17) is 11.6 Å². The summed E-state index contributed by atoms with van der Waals surface area (Å²) < 4.78 is 2.01. The third-order valence-electron chi connectivity index (χ3n) is 4.96. The van der Waals surface area contributed by atoms with Gasteiger partial charge < -0.3 is 19.7 Å². The number of aryl methyl sites for hydroxylation is 2. The lowest BCUT2D eigenvalue weighted by molar-refractivity contribution is -0.133. The normalized spacial score (nSPS) is 11.1. The zero-order valence-electron chi connectivity index (χ0n) is 18.8. The molecule has 0 aliphatic rings. The molecule has 0 fully saturated rings. The Morgan fingerprint density at radius 3 is 2.40 bits per heavy atom. The van der Waals surface area contributed by atoms with Crippen molar-refractivity contribution in [3.63, 3.8) is 0 Å². The van der Waals surface area contributed by atoms with Gasteiger partial charge in [0.15, 0.2) is 0 Å². The minimum atomic E-state index is -0.318. The molecule has 1 aromatic carbocycles. The molecule has 1 heterocycles. The van der Waals surface area contributed by atoms with E-state index in [1.165, 1.54) is 0 Å². The number of halogens is 1. The fourth-order valence-corrected chi connectivity index (χ4v) is 3.33. The van der Waals surface area contributed by atoms with Crippen molar-refractivity contribution in [2.45, 2.75) is 47.2 Å². The van der Waals surface area contributed by atoms with E-state index in [1.54, 1.807) is 17.0 Å². The van der Waals surface area contributed by atoms with Crippen LogP contribution in [-0.2, 0) is 18.4 Å². The molecule has 1 aromatic heterocycles. The van der Waals surface area contributed by atoms with E-state index in [9.17, 15) is 9.59 Å². The molecule has 0 aliphatic carbocycles. The number of benzene rings is 1. The van der Waals surface area contributed by atoms with Crippen molar-refractivity contribution in [3.05, 3.63) is 52.8 Å². The summed E-state index contributed by atoms with van der Waals surface area (Å²) in [6.07, 6.45) is 1.97. The number of aromatic nitrogens is 1. The van der Waals surface area contributed by atoms with Crippen LogP contribution in [0.25, 0.3) is 0 Å². The monoisotopic (exact) mass is 432 g/mol. The molecule has 2 rings (SSSR count). The highest BCUT2D eigenvalue weighted by Crippen LogP contribution is 2.20. The van der Waals surface area contributed by atoms with Crippen LogP contribution in [0.3, 0.4) is 0 Å². The molecule has 3 amide bonds. The SMILES string of the molecule is Cc1ccc(NC(=O)N(CC(=O)N(Cc2cccn2C)CC(C)C)C(C)C)cc1Cl. The van der Waals surface area contributed by atoms with Crippen molar-refractivity contribution in [1.82, 2.24) is 14.4 Å². The molecule has 0 saturated carbocycles. The van der Waals surface area contributed by atoms with Gasteiger partial charge in [-0.1, -0.05) is 31.5 Å². The van der Waals surface area contributed by atoms with Gasteiger partial charge in [0.1, 0.15) is 6.54 Å². The van der Waals surface area contributed by atoms with Crippen molar-refractivity contribution >= 4 is 29.2 Å². The highest BCUT2D eigenvalue weighted by atomic mass is 35.5. The molecule has 1 N–H and O–H groups in total. The summed E-state index contributed by atoms with van der Waals surface area (Å²) in [5.41, 5.74) is 2.60. The number of amides is 3. The number of hydrogen-bond acceptors (Lipinski definition) is 2. The van der Waals surface area contributed by atoms with Gasteiger partial charge in [0, 0.05) is 42.2 Å². The second-order valence-corrected chi connectivity index (χ2v) is 8.80. The van der Waals surface area contributed by atoms with E-state index < -0.39 is 0 Å². The van der Waals surface area contributed by atoms with Crippen LogP contribution in [0.15, 0.2) is 36.5 Å². The molecular weight excluding hydrogens is 400 g/mol. The lowest BCUT2D eigenvalue weighted by Gasteiger charge is -2.31. The summed E-state index contributed by atoms with van der Waals surface area (Å²) >= 11 is 6.17. The molecule has 7 heteroatoms. The van der Waals surface area contributed by atoms with Crippen LogP contribution in [-0.4, -0.2) is 45.4 Å². The van der Waals surface area contributed by atoms with Crippen molar-refractivity contribution in [2.75, 3.05) is 18.4 Å². The van der Waals surface area contributed by atoms with Gasteiger partial charge in [-0.15, -0.1) is 0 Å². The standard InChI is InChI=1S/C23H33ClN4O2/c1-16(2)13-27(14-20-8-7-11-26(20)6)22(29)15-28(17(3)4)23(30)25-19-10-9-18(5)21(24)12-19/h7-12,16-17H,13-15H2,1-6H3,(H,25,30). The lowest BCUT2D eigenvalue weighted by atomic mass is 10.2. The molecule has 2 aromatic rings. The van der Waals surface area contributed by atoms with E-state index in [2.05, 4.69) is 19.2 Å². The van der Waals surface area contributed by atoms with E-state index in [1.807, 2.05) is 61.7 Å². The smallest absolute Gasteiger partial charge is 0.322 e. The zero-order chi connectivity index (χ0) is 22.4. The van der Waals surface area contributed by atoms with Crippen LogP contribution in [0.2, 0.25) is 5.02 Å². The van der Waals surface area contributed by atoms with Crippen molar-refractivity contribution in [2.24, 2.45) is 13.0 Å². The number of nitrogens with one attached hydrogen (secondary N) is 1. The first-order chi connectivity index (χ1) is 14.1. The van der Waals surface area contributed by atoms with E-state index in [-0.39, 0.29) is 24.5 Å². The highest BCUT2D eigenvalue weighted by molar-refractivity contribution is 6.31. The van der Waals surface area contributed by atoms with Crippen LogP contribution < -0.4 is 5.32 Å². The molecule has 164 valence electrons. The topological polar surface area (TPSA) is 57.6 Å². The molecular formula is C23H33ClN4O2. The number of hydrogen-bond donors (Lipinski definition) is 1. The number of nitrogens with zero attached hydrogens (tertiary/aromatic N) is 3. The number of rotatable bonds is 8. The Morgan fingerprint density at radius 2 is 1.87 bits per heavy atom. The van der Waals surface area contributed by atoms with Crippen LogP contribution in [0.1, 0.15) is 39.0 Å². The molecule has 0 aliphatic heterocycles. The van der Waals surface area contributed by atoms with Crippen LogP contribution in [0.4, 0.5) is 10.5 Å². The molecule has 6 nitrogen and oxygen atoms in total. The van der Waals surface area contributed by atoms with Gasteiger partial charge in [-0.2, -0.15) is 0 Å². The number of carbonyl (C=O) groups is 2. The van der Waals surface area contributed by atoms with Gasteiger partial charge in [-0.25, -0.2) is 4.79 Å². The Hall–Kier alpha value is -2.47. The van der Waals surface area contributed by atoms with Gasteiger partial charge in [-0.3, -0.25) is 4.79 Å². The lowest BCUT2D eigenvalue weighted by Crippen LogP contribution is -2.48. The fraction of sp³-hybridized carbons (Fsp3) is 0.478. The molecule has 0 bridgehead atoms. The molecule has 0 spiro atoms. The maximum Gasteiger partial charge on any atom is 0.322 e. The Labute approximate surface area is 184 Å². The maximum atomic E-state index is 13.2. The highest BCUT2D eigenvalue weighted by Gasteiger charge is 2.24. The second kappa shape index (κ2) is 10.5. The molecule has 0 radical (unpaired) electrons. The average molecular weight is 433 g/mol. The molecule has 30 heavy (non-hydrogen) atoms. The summed E-state index contributed by atoms with van der Waals surface area (Å²) in [4.78, 5) is 29.4. The fourth-order valence-electron chi connectivity index (χ4n) is 3.15. The molecule has 0 atom stereocenters. The largest absolute Gasteiger partial charge is 0.353 e. The van der Waals surface area contributed by atoms with E-state index in [0.717, 1.165) is 11.3 Å². The van der Waals surface area contributed by atoms with Crippen LogP contribution in [0.5, 0.6) is 0 Å². The predicted octanol–water partition coefficient (Wildman–Crippen LogP) is 4.91. The Kier molecular flexibility index (Phi) is 8.35. The van der Waals surface area contributed by atoms with E-state index in [0.29, 0.717) is 29.7 Å². The molecule has 0 saturated heterocycles.